The number of cyclic esters (lactones) is 1. The summed E-state index contributed by atoms with van der Waals surface area (Å²) in [6, 6.07) is 43.5. The molecule has 0 saturated carbocycles. The minimum atomic E-state index is -0.472. The van der Waals surface area contributed by atoms with Gasteiger partial charge in [-0.1, -0.05) is 113 Å². The van der Waals surface area contributed by atoms with Crippen LogP contribution in [0.1, 0.15) is 166 Å². The van der Waals surface area contributed by atoms with Crippen LogP contribution in [0.5, 0.6) is 0 Å². The van der Waals surface area contributed by atoms with Crippen LogP contribution in [-0.4, -0.2) is 115 Å². The molecule has 8 aromatic heterocycles. The zero-order valence-electron chi connectivity index (χ0n) is 74.8. The largest absolute Gasteiger partial charge is 0.447 e. The van der Waals surface area contributed by atoms with E-state index in [2.05, 4.69) is 109 Å². The zero-order chi connectivity index (χ0) is 90.7. The molecule has 0 bridgehead atoms. The lowest BCUT2D eigenvalue weighted by Gasteiger charge is -2.10. The van der Waals surface area contributed by atoms with Crippen LogP contribution in [0.25, 0.3) is 87.2 Å². The van der Waals surface area contributed by atoms with Gasteiger partial charge in [0.05, 0.1) is 39.4 Å². The van der Waals surface area contributed by atoms with Crippen molar-refractivity contribution in [1.29, 1.82) is 0 Å². The van der Waals surface area contributed by atoms with Gasteiger partial charge in [0.15, 0.2) is 34.7 Å². The first-order chi connectivity index (χ1) is 57.8. The molecule has 0 aliphatic carbocycles. The van der Waals surface area contributed by atoms with Gasteiger partial charge in [0.25, 0.3) is 5.91 Å². The SMILES string of the molecule is CC(=O)c1c(C)n(C)c2ccc(C)cc12.CC(=O)c1c(Cl)n(C)c2ccc(C)cc12.CC(=O)c1cn(C)c2cc(F)c(Cl)cc12.CC(=O)c1cn(C)c2ccc(C)c(F)c12.CC(=O)c1cn(C)c2ccc(C)cc12.Cc1ccc2c(c1)c(C(=O)C(C)C)cn2C.Cc1ccc2c(c1)c(C(=O)N(C)C)cn2C.Cc1ccc2c(c1)c(N1CCOC1=O)cn2C. The van der Waals surface area contributed by atoms with Crippen LogP contribution in [0, 0.1) is 72.9 Å². The number of fused-ring (bicyclic) bond motifs is 8. The molecular formula is C100H108Cl2F2N10O9. The summed E-state index contributed by atoms with van der Waals surface area (Å²) in [6.45, 7) is 28.6. The van der Waals surface area contributed by atoms with E-state index in [9.17, 15) is 47.1 Å². The number of rotatable bonds is 9. The van der Waals surface area contributed by atoms with Crippen LogP contribution in [0.4, 0.5) is 19.3 Å². The second kappa shape index (κ2) is 38.1. The van der Waals surface area contributed by atoms with E-state index in [1.807, 2.05) is 170 Å². The van der Waals surface area contributed by atoms with Crippen LogP contribution in [0.15, 0.2) is 171 Å². The first-order valence-electron chi connectivity index (χ1n) is 40.3. The van der Waals surface area contributed by atoms with Gasteiger partial charge in [-0.2, -0.15) is 0 Å². The van der Waals surface area contributed by atoms with Crippen molar-refractivity contribution in [2.75, 3.05) is 32.1 Å². The first-order valence-corrected chi connectivity index (χ1v) is 41.1. The van der Waals surface area contributed by atoms with Crippen molar-refractivity contribution in [2.45, 2.75) is 104 Å². The maximum absolute atomic E-state index is 13.9. The van der Waals surface area contributed by atoms with E-state index in [-0.39, 0.29) is 63.5 Å². The Kier molecular flexibility index (Phi) is 28.7. The fourth-order valence-electron chi connectivity index (χ4n) is 15.5. The molecular weight excluding hydrogens is 1590 g/mol. The Morgan fingerprint density at radius 3 is 1.20 bits per heavy atom. The Balaban J connectivity index is 0.000000147. The van der Waals surface area contributed by atoms with Gasteiger partial charge in [-0.3, -0.25) is 38.5 Å². The van der Waals surface area contributed by atoms with Gasteiger partial charge >= 0.3 is 6.09 Å². The molecule has 9 heterocycles. The van der Waals surface area contributed by atoms with Gasteiger partial charge in [-0.05, 0) is 187 Å². The molecule has 0 unspecified atom stereocenters. The molecule has 1 aliphatic rings. The highest BCUT2D eigenvalue weighted by molar-refractivity contribution is 6.35. The number of ketones is 6. The lowest BCUT2D eigenvalue weighted by Crippen LogP contribution is -2.22. The number of carbonyl (C=O) groups is 8. The number of nitrogens with zero attached hydrogens (tertiary/aromatic N) is 10. The third-order valence-corrected chi connectivity index (χ3v) is 22.9. The molecule has 0 spiro atoms. The number of benzene rings is 8. The number of hydrogen-bond donors (Lipinski definition) is 0. The maximum Gasteiger partial charge on any atom is 0.414 e. The standard InChI is InChI=1S/C14H17NO.C13H14N2O2.C13H16N2O.C13H15NO.C12H12ClNO.C12H12FNO.C12H13NO.C11H9ClFNO/c1-9(2)14(16)12-8-15(4)13-6-5-10(3)7-11(12)13;1-9-3-4-11-10(7-9)12(8-14(11)2)15-5-6-17-13(15)16;1-9-5-6-12-10(7-9)11(8-15(12)4)13(16)14(2)3;1-8-5-6-12-11(7-8)13(10(3)15)9(2)14(12)4;1-7-4-5-10-9(6-7)11(8(2)15)12(13)14(10)3;1-7-4-5-10-11(12(7)13)9(8(2)15)6-14(10)3;1-8-4-5-12-10(6-8)11(9(2)14)7-13(12)3;1-6(15)8-5-14(2)11-4-10(13)9(12)3-7(8)11/h5-9H,1-4H3;3-4,7-8H,5-6H2,1-2H3;5-8H,1-4H3;5-7H,1-4H3;2*4-6H,1-3H3;4-7H,1-3H3;3-5H,1-2H3. The van der Waals surface area contributed by atoms with Gasteiger partial charge in [0.2, 0.25) is 0 Å². The summed E-state index contributed by atoms with van der Waals surface area (Å²) >= 11 is 11.8. The second-order valence-corrected chi connectivity index (χ2v) is 33.2. The summed E-state index contributed by atoms with van der Waals surface area (Å²) in [7, 11) is 18.9. The molecule has 0 radical (unpaired) electrons. The van der Waals surface area contributed by atoms with Crippen molar-refractivity contribution in [3.8, 4) is 0 Å². The lowest BCUT2D eigenvalue weighted by molar-refractivity contribution is 0.0827. The van der Waals surface area contributed by atoms with Gasteiger partial charge in [0.1, 0.15) is 23.4 Å². The predicted molar refractivity (Wildman–Crippen MR) is 497 cm³/mol. The molecule has 17 rings (SSSR count). The van der Waals surface area contributed by atoms with E-state index in [0.29, 0.717) is 56.8 Å². The minimum absolute atomic E-state index is 0.0104. The Morgan fingerprint density at radius 2 is 0.756 bits per heavy atom. The molecule has 8 aromatic carbocycles. The molecule has 16 aromatic rings. The monoisotopic (exact) mass is 1700 g/mol. The lowest BCUT2D eigenvalue weighted by atomic mass is 10.00. The summed E-state index contributed by atoms with van der Waals surface area (Å²) in [5, 5.41) is 7.95. The fourth-order valence-corrected chi connectivity index (χ4v) is 16.0. The van der Waals surface area contributed by atoms with E-state index in [4.69, 9.17) is 27.9 Å². The second-order valence-electron chi connectivity index (χ2n) is 32.4. The molecule has 19 nitrogen and oxygen atoms in total. The van der Waals surface area contributed by atoms with Crippen LogP contribution < -0.4 is 4.90 Å². The summed E-state index contributed by atoms with van der Waals surface area (Å²) < 4.78 is 47.5. The number of hydrogen-bond acceptors (Lipinski definition) is 9. The quantitative estimate of drug-likeness (QED) is 0.126. The third kappa shape index (κ3) is 19.8. The van der Waals surface area contributed by atoms with E-state index in [1.165, 1.54) is 53.8 Å². The smallest absolute Gasteiger partial charge is 0.414 e. The zero-order valence-corrected chi connectivity index (χ0v) is 76.3. The van der Waals surface area contributed by atoms with Crippen molar-refractivity contribution >= 4 is 163 Å². The van der Waals surface area contributed by atoms with Crippen LogP contribution in [0.3, 0.4) is 0 Å². The maximum atomic E-state index is 13.9. The van der Waals surface area contributed by atoms with Crippen LogP contribution in [0.2, 0.25) is 10.2 Å². The number of aryl methyl sites for hydroxylation is 15. The summed E-state index contributed by atoms with van der Waals surface area (Å²) in [5.74, 6) is -0.327. The average Bonchev–Trinajstić information content (AvgIpc) is 1.63. The molecule has 640 valence electrons. The molecule has 0 atom stereocenters. The highest BCUT2D eigenvalue weighted by Crippen LogP contribution is 2.35. The molecule has 23 heteroatoms. The Morgan fingerprint density at radius 1 is 0.398 bits per heavy atom. The van der Waals surface area contributed by atoms with Crippen LogP contribution >= 0.6 is 23.2 Å². The van der Waals surface area contributed by atoms with Crippen molar-refractivity contribution in [3.05, 3.63) is 276 Å². The summed E-state index contributed by atoms with van der Waals surface area (Å²) in [5.41, 5.74) is 22.5. The number of ether oxygens (including phenoxy) is 1. The van der Waals surface area contributed by atoms with Crippen LogP contribution in [-0.2, 0) is 61.1 Å². The van der Waals surface area contributed by atoms with Gasteiger partial charge in [0, 0.05) is 223 Å². The average molecular weight is 1700 g/mol. The van der Waals surface area contributed by atoms with Gasteiger partial charge < -0.3 is 46.2 Å². The molecule has 1 fully saturated rings. The van der Waals surface area contributed by atoms with Crippen molar-refractivity contribution in [2.24, 2.45) is 62.3 Å². The number of Topliss-reactive ketones (excluding diaryl/α,β-unsaturated/α-hetero) is 6. The summed E-state index contributed by atoms with van der Waals surface area (Å²) in [6.07, 6.45) is 10.8. The molecule has 123 heavy (non-hydrogen) atoms. The van der Waals surface area contributed by atoms with Gasteiger partial charge in [-0.15, -0.1) is 0 Å². The fraction of sp³-hybridized carbons (Fsp3) is 0.280. The predicted octanol–water partition coefficient (Wildman–Crippen LogP) is 23.0. The Labute approximate surface area is 726 Å². The van der Waals surface area contributed by atoms with E-state index < -0.39 is 5.82 Å². The number of anilines is 1. The van der Waals surface area contributed by atoms with Gasteiger partial charge in [-0.25, -0.2) is 13.6 Å². The Bertz CT molecular complexity index is 6680. The number of amides is 2. The summed E-state index contributed by atoms with van der Waals surface area (Å²) in [4.78, 5) is 96.1. The van der Waals surface area contributed by atoms with E-state index >= 15 is 0 Å². The third-order valence-electron chi connectivity index (χ3n) is 22.1. The molecule has 0 N–H and O–H groups in total. The molecule has 1 saturated heterocycles. The van der Waals surface area contributed by atoms with E-state index in [0.717, 1.165) is 110 Å². The number of carbonyl (C=O) groups excluding carboxylic acids is 8. The topological polar surface area (TPSA) is 192 Å². The normalized spacial score (nSPS) is 11.6. The Hall–Kier alpha value is -12.7. The molecule has 2 amide bonds. The first kappa shape index (κ1) is 92.6. The number of halogens is 4. The molecule has 1 aliphatic heterocycles. The van der Waals surface area contributed by atoms with E-state index in [1.54, 1.807) is 86.2 Å². The highest BCUT2D eigenvalue weighted by atomic mass is 35.5. The minimum Gasteiger partial charge on any atom is -0.447 e. The number of aromatic nitrogens is 8. The van der Waals surface area contributed by atoms with Crippen molar-refractivity contribution < 1.29 is 51.9 Å². The van der Waals surface area contributed by atoms with Crippen molar-refractivity contribution in [3.63, 3.8) is 0 Å². The highest BCUT2D eigenvalue weighted by Gasteiger charge is 2.28. The van der Waals surface area contributed by atoms with Crippen molar-refractivity contribution in [1.82, 2.24) is 41.4 Å².